The lowest BCUT2D eigenvalue weighted by atomic mass is 9.91. The third-order valence-electron chi connectivity index (χ3n) is 4.32. The molecule has 0 unspecified atom stereocenters. The summed E-state index contributed by atoms with van der Waals surface area (Å²) in [5.41, 5.74) is 0.00353. The SMILES string of the molecule is CCOc1ccc(S(=O)(=O)N2CC(O)(C3CC3)C2)cc1C. The minimum atomic E-state index is -3.52. The summed E-state index contributed by atoms with van der Waals surface area (Å²) in [6.45, 7) is 4.70. The van der Waals surface area contributed by atoms with Crippen LogP contribution in [0.3, 0.4) is 0 Å². The monoisotopic (exact) mass is 311 g/mol. The largest absolute Gasteiger partial charge is 0.494 e. The second kappa shape index (κ2) is 4.97. The van der Waals surface area contributed by atoms with E-state index in [4.69, 9.17) is 4.74 Å². The summed E-state index contributed by atoms with van der Waals surface area (Å²) in [5.74, 6) is 0.987. The zero-order valence-electron chi connectivity index (χ0n) is 12.4. The second-order valence-corrected chi connectivity index (χ2v) is 7.95. The van der Waals surface area contributed by atoms with E-state index < -0.39 is 15.6 Å². The van der Waals surface area contributed by atoms with Gasteiger partial charge in [0.25, 0.3) is 0 Å². The molecule has 0 radical (unpaired) electrons. The summed E-state index contributed by atoms with van der Waals surface area (Å²) >= 11 is 0. The van der Waals surface area contributed by atoms with E-state index in [1.807, 2.05) is 13.8 Å². The minimum absolute atomic E-state index is 0.215. The van der Waals surface area contributed by atoms with Crippen LogP contribution in [0.5, 0.6) is 5.75 Å². The normalized spacial score (nSPS) is 21.9. The van der Waals surface area contributed by atoms with Gasteiger partial charge in [-0.1, -0.05) is 0 Å². The summed E-state index contributed by atoms with van der Waals surface area (Å²) in [4.78, 5) is 0.265. The highest BCUT2D eigenvalue weighted by Gasteiger charge is 2.55. The van der Waals surface area contributed by atoms with Crippen molar-refractivity contribution in [2.75, 3.05) is 19.7 Å². The number of nitrogens with zero attached hydrogens (tertiary/aromatic N) is 1. The average molecular weight is 311 g/mol. The molecule has 1 saturated carbocycles. The third-order valence-corrected chi connectivity index (χ3v) is 6.11. The van der Waals surface area contributed by atoms with Crippen LogP contribution in [0.2, 0.25) is 0 Å². The van der Waals surface area contributed by atoms with Gasteiger partial charge in [-0.3, -0.25) is 0 Å². The zero-order chi connectivity index (χ0) is 15.3. The van der Waals surface area contributed by atoms with Crippen molar-refractivity contribution >= 4 is 10.0 Å². The van der Waals surface area contributed by atoms with E-state index in [1.54, 1.807) is 18.2 Å². The number of hydrogen-bond acceptors (Lipinski definition) is 4. The van der Waals surface area contributed by atoms with E-state index in [0.29, 0.717) is 12.4 Å². The van der Waals surface area contributed by atoms with Gasteiger partial charge in [-0.25, -0.2) is 8.42 Å². The van der Waals surface area contributed by atoms with Crippen molar-refractivity contribution < 1.29 is 18.3 Å². The second-order valence-electron chi connectivity index (χ2n) is 6.01. The Morgan fingerprint density at radius 1 is 1.38 bits per heavy atom. The Morgan fingerprint density at radius 3 is 2.57 bits per heavy atom. The molecule has 3 rings (SSSR count). The maximum absolute atomic E-state index is 12.5. The molecule has 0 spiro atoms. The van der Waals surface area contributed by atoms with Crippen LogP contribution >= 0.6 is 0 Å². The van der Waals surface area contributed by atoms with E-state index in [9.17, 15) is 13.5 Å². The predicted molar refractivity (Wildman–Crippen MR) is 78.8 cm³/mol. The molecule has 21 heavy (non-hydrogen) atoms. The highest BCUT2D eigenvalue weighted by atomic mass is 32.2. The van der Waals surface area contributed by atoms with Crippen LogP contribution in [0.1, 0.15) is 25.3 Å². The Labute approximate surface area is 125 Å². The Hall–Kier alpha value is -1.11. The summed E-state index contributed by atoms with van der Waals surface area (Å²) in [6, 6.07) is 4.90. The van der Waals surface area contributed by atoms with Crippen LogP contribution in [0, 0.1) is 12.8 Å². The van der Waals surface area contributed by atoms with Crippen LogP contribution < -0.4 is 4.74 Å². The Bertz CT molecular complexity index is 646. The van der Waals surface area contributed by atoms with E-state index in [2.05, 4.69) is 0 Å². The Balaban J connectivity index is 1.78. The molecule has 1 aromatic rings. The van der Waals surface area contributed by atoms with Gasteiger partial charge in [0.05, 0.1) is 17.1 Å². The molecule has 1 heterocycles. The number of rotatable bonds is 5. The molecule has 6 heteroatoms. The van der Waals surface area contributed by atoms with Crippen LogP contribution in [-0.2, 0) is 10.0 Å². The molecule has 1 saturated heterocycles. The molecule has 1 aliphatic heterocycles. The molecule has 1 N–H and O–H groups in total. The number of aliphatic hydroxyl groups is 1. The van der Waals surface area contributed by atoms with Crippen LogP contribution in [0.25, 0.3) is 0 Å². The number of benzene rings is 1. The van der Waals surface area contributed by atoms with Crippen molar-refractivity contribution in [3.63, 3.8) is 0 Å². The smallest absolute Gasteiger partial charge is 0.243 e. The number of hydrogen-bond donors (Lipinski definition) is 1. The number of aryl methyl sites for hydroxylation is 1. The van der Waals surface area contributed by atoms with Crippen LogP contribution in [0.15, 0.2) is 23.1 Å². The molecule has 2 fully saturated rings. The molecule has 0 aromatic heterocycles. The topological polar surface area (TPSA) is 66.8 Å². The summed E-state index contributed by atoms with van der Waals surface area (Å²) in [6.07, 6.45) is 2.01. The first-order chi connectivity index (χ1) is 9.87. The first-order valence-electron chi connectivity index (χ1n) is 7.33. The Kier molecular flexibility index (Phi) is 3.50. The molecule has 1 aliphatic carbocycles. The van der Waals surface area contributed by atoms with Crippen molar-refractivity contribution in [1.82, 2.24) is 4.31 Å². The van der Waals surface area contributed by atoms with Gasteiger partial charge in [0, 0.05) is 13.1 Å². The van der Waals surface area contributed by atoms with Crippen molar-refractivity contribution in [2.45, 2.75) is 37.2 Å². The van der Waals surface area contributed by atoms with Gasteiger partial charge in [0.1, 0.15) is 5.75 Å². The van der Waals surface area contributed by atoms with E-state index in [0.717, 1.165) is 18.4 Å². The molecular weight excluding hydrogens is 290 g/mol. The van der Waals surface area contributed by atoms with Crippen molar-refractivity contribution in [2.24, 2.45) is 5.92 Å². The lowest BCUT2D eigenvalue weighted by Crippen LogP contribution is -2.64. The summed E-state index contributed by atoms with van der Waals surface area (Å²) in [5, 5.41) is 10.3. The lowest BCUT2D eigenvalue weighted by molar-refractivity contribution is -0.0764. The predicted octanol–water partition coefficient (Wildman–Crippen LogP) is 1.54. The first-order valence-corrected chi connectivity index (χ1v) is 8.77. The van der Waals surface area contributed by atoms with Crippen molar-refractivity contribution in [1.29, 1.82) is 0 Å². The maximum Gasteiger partial charge on any atom is 0.243 e. The molecular formula is C15H21NO4S. The number of β-amino-alcohol motifs (C(OH)–C–C–N with tert-alkyl or cyclic N) is 1. The fraction of sp³-hybridized carbons (Fsp3) is 0.600. The lowest BCUT2D eigenvalue weighted by Gasteiger charge is -2.45. The maximum atomic E-state index is 12.5. The standard InChI is InChI=1S/C15H21NO4S/c1-3-20-14-7-6-13(8-11(14)2)21(18,19)16-9-15(17,10-16)12-4-5-12/h6-8,12,17H,3-5,9-10H2,1-2H3. The molecule has 5 nitrogen and oxygen atoms in total. The molecule has 2 aliphatic rings. The molecule has 0 atom stereocenters. The number of sulfonamides is 1. The van der Waals surface area contributed by atoms with E-state index >= 15 is 0 Å². The quantitative estimate of drug-likeness (QED) is 0.896. The van der Waals surface area contributed by atoms with Gasteiger partial charge in [0.2, 0.25) is 10.0 Å². The van der Waals surface area contributed by atoms with E-state index in [-0.39, 0.29) is 23.9 Å². The van der Waals surface area contributed by atoms with E-state index in [1.165, 1.54) is 4.31 Å². The van der Waals surface area contributed by atoms with Gasteiger partial charge in [-0.05, 0) is 56.4 Å². The minimum Gasteiger partial charge on any atom is -0.494 e. The summed E-state index contributed by atoms with van der Waals surface area (Å²) in [7, 11) is -3.52. The number of ether oxygens (including phenoxy) is 1. The molecule has 0 amide bonds. The molecule has 1 aromatic carbocycles. The fourth-order valence-electron chi connectivity index (χ4n) is 2.86. The highest BCUT2D eigenvalue weighted by molar-refractivity contribution is 7.89. The highest BCUT2D eigenvalue weighted by Crippen LogP contribution is 2.45. The molecule has 0 bridgehead atoms. The fourth-order valence-corrected chi connectivity index (χ4v) is 4.51. The van der Waals surface area contributed by atoms with Crippen LogP contribution in [-0.4, -0.2) is 43.1 Å². The first kappa shape index (κ1) is 14.8. The van der Waals surface area contributed by atoms with Gasteiger partial charge >= 0.3 is 0 Å². The Morgan fingerprint density at radius 2 is 2.05 bits per heavy atom. The summed E-state index contributed by atoms with van der Waals surface area (Å²) < 4.78 is 31.9. The van der Waals surface area contributed by atoms with Gasteiger partial charge in [-0.15, -0.1) is 0 Å². The van der Waals surface area contributed by atoms with Crippen molar-refractivity contribution in [3.8, 4) is 5.75 Å². The van der Waals surface area contributed by atoms with Gasteiger partial charge < -0.3 is 9.84 Å². The third kappa shape index (κ3) is 2.56. The average Bonchev–Trinajstić information content (AvgIpc) is 3.22. The van der Waals surface area contributed by atoms with Crippen molar-refractivity contribution in [3.05, 3.63) is 23.8 Å². The van der Waals surface area contributed by atoms with Crippen LogP contribution in [0.4, 0.5) is 0 Å². The molecule has 116 valence electrons. The van der Waals surface area contributed by atoms with Gasteiger partial charge in [-0.2, -0.15) is 4.31 Å². The van der Waals surface area contributed by atoms with Gasteiger partial charge in [0.15, 0.2) is 0 Å². The zero-order valence-corrected chi connectivity index (χ0v) is 13.2.